The first-order chi connectivity index (χ1) is 12.6. The van der Waals surface area contributed by atoms with E-state index in [4.69, 9.17) is 10.8 Å². The van der Waals surface area contributed by atoms with Gasteiger partial charge in [0, 0.05) is 18.4 Å². The Morgan fingerprint density at radius 1 is 1.22 bits per heavy atom. The number of fused-ring (bicyclic) bond motifs is 1. The van der Waals surface area contributed by atoms with E-state index >= 15 is 0 Å². The zero-order valence-corrected chi connectivity index (χ0v) is 15.9. The molecule has 0 unspecified atom stereocenters. The summed E-state index contributed by atoms with van der Waals surface area (Å²) < 4.78 is 1.70. The van der Waals surface area contributed by atoms with Crippen molar-refractivity contribution in [2.75, 3.05) is 0 Å². The van der Waals surface area contributed by atoms with Gasteiger partial charge in [-0.2, -0.15) is 5.10 Å². The number of hydrogen-bond acceptors (Lipinski definition) is 4. The van der Waals surface area contributed by atoms with E-state index in [0.29, 0.717) is 24.8 Å². The lowest BCUT2D eigenvalue weighted by atomic mass is 9.86. The van der Waals surface area contributed by atoms with Crippen LogP contribution in [0.5, 0.6) is 0 Å². The molecular formula is C19H26N4O4. The molecule has 8 heteroatoms. The molecule has 8 nitrogen and oxygen atoms in total. The highest BCUT2D eigenvalue weighted by atomic mass is 16.4. The second kappa shape index (κ2) is 8.20. The molecule has 1 heterocycles. The topological polar surface area (TPSA) is 127 Å². The molecule has 2 amide bonds. The molecule has 0 aliphatic heterocycles. The Morgan fingerprint density at radius 2 is 1.89 bits per heavy atom. The molecular weight excluding hydrogens is 348 g/mol. The van der Waals surface area contributed by atoms with Gasteiger partial charge in [-0.05, 0) is 24.3 Å². The van der Waals surface area contributed by atoms with E-state index in [9.17, 15) is 14.4 Å². The second-order valence-corrected chi connectivity index (χ2v) is 7.61. The number of nitrogens with zero attached hydrogens (tertiary/aromatic N) is 2. The fourth-order valence-electron chi connectivity index (χ4n) is 2.92. The average molecular weight is 374 g/mol. The monoisotopic (exact) mass is 374 g/mol. The zero-order valence-electron chi connectivity index (χ0n) is 15.9. The Hall–Kier alpha value is -2.90. The van der Waals surface area contributed by atoms with Crippen molar-refractivity contribution in [3.8, 4) is 0 Å². The number of nitrogens with two attached hydrogens (primary N) is 1. The zero-order chi connectivity index (χ0) is 20.2. The number of rotatable bonds is 8. The lowest BCUT2D eigenvalue weighted by Gasteiger charge is -2.28. The molecule has 0 saturated carbocycles. The maximum absolute atomic E-state index is 12.8. The highest BCUT2D eigenvalue weighted by Gasteiger charge is 2.32. The summed E-state index contributed by atoms with van der Waals surface area (Å²) in [7, 11) is 0. The van der Waals surface area contributed by atoms with Gasteiger partial charge < -0.3 is 16.2 Å². The smallest absolute Gasteiger partial charge is 0.303 e. The third kappa shape index (κ3) is 5.06. The van der Waals surface area contributed by atoms with Crippen LogP contribution >= 0.6 is 0 Å². The van der Waals surface area contributed by atoms with Gasteiger partial charge in [0.2, 0.25) is 5.91 Å². The number of amides is 2. The average Bonchev–Trinajstić information content (AvgIpc) is 2.94. The number of para-hydroxylation sites is 1. The van der Waals surface area contributed by atoms with Gasteiger partial charge in [0.15, 0.2) is 5.69 Å². The number of hydrogen-bond donors (Lipinski definition) is 3. The summed E-state index contributed by atoms with van der Waals surface area (Å²) in [4.78, 5) is 35.2. The molecule has 1 atom stereocenters. The van der Waals surface area contributed by atoms with Crippen LogP contribution < -0.4 is 11.1 Å². The number of primary amides is 1. The van der Waals surface area contributed by atoms with Crippen molar-refractivity contribution in [2.24, 2.45) is 11.1 Å². The number of aliphatic carboxylic acids is 1. The summed E-state index contributed by atoms with van der Waals surface area (Å²) >= 11 is 0. The van der Waals surface area contributed by atoms with Crippen molar-refractivity contribution in [2.45, 2.75) is 52.6 Å². The molecule has 0 fully saturated rings. The fraction of sp³-hybridized carbons (Fsp3) is 0.474. The van der Waals surface area contributed by atoms with Crippen LogP contribution in [-0.2, 0) is 16.1 Å². The highest BCUT2D eigenvalue weighted by Crippen LogP contribution is 2.22. The number of carboxylic acids is 1. The van der Waals surface area contributed by atoms with E-state index < -0.39 is 29.2 Å². The van der Waals surface area contributed by atoms with Crippen molar-refractivity contribution in [1.82, 2.24) is 15.1 Å². The van der Waals surface area contributed by atoms with E-state index in [1.54, 1.807) is 10.7 Å². The Labute approximate surface area is 157 Å². The van der Waals surface area contributed by atoms with Crippen molar-refractivity contribution >= 4 is 28.7 Å². The Morgan fingerprint density at radius 3 is 2.48 bits per heavy atom. The van der Waals surface area contributed by atoms with E-state index in [1.807, 2.05) is 39.0 Å². The maximum Gasteiger partial charge on any atom is 0.303 e. The molecule has 4 N–H and O–H groups in total. The van der Waals surface area contributed by atoms with Crippen molar-refractivity contribution in [3.63, 3.8) is 0 Å². The SMILES string of the molecule is CC(C)(C)[C@H](NC(=O)c1nn(CCCCC(=O)O)c2ccccc12)C(N)=O. The number of carboxylic acid groups (broad SMARTS) is 1. The third-order valence-corrected chi connectivity index (χ3v) is 4.31. The van der Waals surface area contributed by atoms with Crippen molar-refractivity contribution < 1.29 is 19.5 Å². The number of unbranched alkanes of at least 4 members (excludes halogenated alkanes) is 1. The van der Waals surface area contributed by atoms with E-state index in [1.165, 1.54) is 0 Å². The molecule has 2 aromatic rings. The molecule has 1 aromatic carbocycles. The van der Waals surface area contributed by atoms with E-state index in [-0.39, 0.29) is 12.1 Å². The minimum atomic E-state index is -0.833. The van der Waals surface area contributed by atoms with Crippen LogP contribution in [0.2, 0.25) is 0 Å². The third-order valence-electron chi connectivity index (χ3n) is 4.31. The number of aromatic nitrogens is 2. The molecule has 0 radical (unpaired) electrons. The van der Waals surface area contributed by atoms with Crippen LogP contribution in [0, 0.1) is 5.41 Å². The van der Waals surface area contributed by atoms with Crippen LogP contribution in [0.25, 0.3) is 10.9 Å². The standard InChI is InChI=1S/C19H26N4O4/c1-19(2,3)16(17(20)26)21-18(27)15-12-8-4-5-9-13(12)23(22-15)11-7-6-10-14(24)25/h4-5,8-9,16H,6-7,10-11H2,1-3H3,(H2,20,26)(H,21,27)(H,24,25)/t16-/m1/s1. The number of nitrogens with one attached hydrogen (secondary N) is 1. The largest absolute Gasteiger partial charge is 0.481 e. The molecule has 0 saturated heterocycles. The Bertz CT molecular complexity index is 851. The van der Waals surface area contributed by atoms with Crippen LogP contribution in [0.1, 0.15) is 50.5 Å². The summed E-state index contributed by atoms with van der Waals surface area (Å²) in [5.74, 6) is -1.90. The first-order valence-corrected chi connectivity index (χ1v) is 8.89. The number of aryl methyl sites for hydroxylation is 1. The van der Waals surface area contributed by atoms with Gasteiger partial charge in [-0.15, -0.1) is 0 Å². The van der Waals surface area contributed by atoms with E-state index in [2.05, 4.69) is 10.4 Å². The normalized spacial score (nSPS) is 12.7. The summed E-state index contributed by atoms with van der Waals surface area (Å²) in [6, 6.07) is 6.48. The van der Waals surface area contributed by atoms with Crippen LogP contribution in [0.4, 0.5) is 0 Å². The predicted octanol–water partition coefficient (Wildman–Crippen LogP) is 1.92. The molecule has 146 valence electrons. The lowest BCUT2D eigenvalue weighted by Crippen LogP contribution is -2.52. The summed E-state index contributed by atoms with van der Waals surface area (Å²) in [6.45, 7) is 5.96. The summed E-state index contributed by atoms with van der Waals surface area (Å²) in [6.07, 6.45) is 1.25. The van der Waals surface area contributed by atoms with Crippen LogP contribution in [0.15, 0.2) is 24.3 Å². The highest BCUT2D eigenvalue weighted by molar-refractivity contribution is 6.06. The van der Waals surface area contributed by atoms with Crippen molar-refractivity contribution in [3.05, 3.63) is 30.0 Å². The number of carbonyl (C=O) groups excluding carboxylic acids is 2. The summed E-state index contributed by atoms with van der Waals surface area (Å²) in [5, 5.41) is 16.5. The van der Waals surface area contributed by atoms with Crippen molar-refractivity contribution in [1.29, 1.82) is 0 Å². The molecule has 0 aliphatic rings. The number of benzene rings is 1. The molecule has 1 aromatic heterocycles. The first kappa shape index (κ1) is 20.4. The summed E-state index contributed by atoms with van der Waals surface area (Å²) in [5.41, 5.74) is 5.92. The van der Waals surface area contributed by atoms with Crippen LogP contribution in [0.3, 0.4) is 0 Å². The molecule has 27 heavy (non-hydrogen) atoms. The van der Waals surface area contributed by atoms with Gasteiger partial charge in [-0.25, -0.2) is 0 Å². The fourth-order valence-corrected chi connectivity index (χ4v) is 2.92. The molecule has 0 aliphatic carbocycles. The Balaban J connectivity index is 2.26. The minimum Gasteiger partial charge on any atom is -0.481 e. The lowest BCUT2D eigenvalue weighted by molar-refractivity contribution is -0.137. The first-order valence-electron chi connectivity index (χ1n) is 8.89. The van der Waals surface area contributed by atoms with Gasteiger partial charge in [0.25, 0.3) is 5.91 Å². The predicted molar refractivity (Wildman–Crippen MR) is 101 cm³/mol. The Kier molecular flexibility index (Phi) is 6.20. The van der Waals surface area contributed by atoms with Gasteiger partial charge in [-0.3, -0.25) is 19.1 Å². The van der Waals surface area contributed by atoms with Gasteiger partial charge in [0.05, 0.1) is 5.52 Å². The molecule has 0 bridgehead atoms. The second-order valence-electron chi connectivity index (χ2n) is 7.61. The maximum atomic E-state index is 12.8. The quantitative estimate of drug-likeness (QED) is 0.608. The van der Waals surface area contributed by atoms with E-state index in [0.717, 1.165) is 5.52 Å². The van der Waals surface area contributed by atoms with Gasteiger partial charge in [-0.1, -0.05) is 39.0 Å². The number of carbonyl (C=O) groups is 3. The molecule has 2 rings (SSSR count). The minimum absolute atomic E-state index is 0.0957. The van der Waals surface area contributed by atoms with Gasteiger partial charge in [0.1, 0.15) is 6.04 Å². The van der Waals surface area contributed by atoms with Gasteiger partial charge >= 0.3 is 5.97 Å². The van der Waals surface area contributed by atoms with Crippen LogP contribution in [-0.4, -0.2) is 38.7 Å². The molecule has 0 spiro atoms.